The molecular formula is C24H26Cl2O5. The Labute approximate surface area is 191 Å². The smallest absolute Gasteiger partial charge is 0.371 e. The molecule has 5 rings (SSSR count). The fraction of sp³-hybridized carbons (Fsp3) is 0.292. The number of halogens is 2. The molecule has 0 atom stereocenters. The molecule has 0 aliphatic carbocycles. The van der Waals surface area contributed by atoms with E-state index in [-0.39, 0.29) is 13.2 Å². The minimum atomic E-state index is -1.09. The van der Waals surface area contributed by atoms with E-state index in [2.05, 4.69) is 0 Å². The van der Waals surface area contributed by atoms with Gasteiger partial charge >= 0.3 is 5.97 Å². The van der Waals surface area contributed by atoms with E-state index in [0.29, 0.717) is 15.6 Å². The summed E-state index contributed by atoms with van der Waals surface area (Å²) in [6, 6.07) is 10.8. The van der Waals surface area contributed by atoms with Gasteiger partial charge in [0.2, 0.25) is 5.76 Å². The van der Waals surface area contributed by atoms with Crippen molar-refractivity contribution in [2.24, 2.45) is 0 Å². The molecule has 0 radical (unpaired) electrons. The summed E-state index contributed by atoms with van der Waals surface area (Å²) >= 11 is 11.7. The van der Waals surface area contributed by atoms with Crippen molar-refractivity contribution in [2.75, 3.05) is 13.2 Å². The van der Waals surface area contributed by atoms with Crippen LogP contribution in [0.2, 0.25) is 10.0 Å². The molecule has 0 unspecified atom stereocenters. The quantitative estimate of drug-likeness (QED) is 0.309. The van der Waals surface area contributed by atoms with Crippen molar-refractivity contribution in [2.45, 2.75) is 34.1 Å². The van der Waals surface area contributed by atoms with Crippen LogP contribution in [0.4, 0.5) is 0 Å². The van der Waals surface area contributed by atoms with Gasteiger partial charge in [-0.25, -0.2) is 4.79 Å². The molecule has 0 saturated carbocycles. The zero-order valence-electron chi connectivity index (χ0n) is 16.7. The molecule has 4 aromatic rings. The molecule has 1 aliphatic heterocycles. The third-order valence-electron chi connectivity index (χ3n) is 4.68. The second-order valence-electron chi connectivity index (χ2n) is 6.87. The molecule has 3 heterocycles. The highest BCUT2D eigenvalue weighted by molar-refractivity contribution is 6.35. The average molecular weight is 465 g/mol. The van der Waals surface area contributed by atoms with Crippen LogP contribution in [-0.2, 0) is 4.74 Å². The number of fused-ring (bicyclic) bond motifs is 2. The van der Waals surface area contributed by atoms with Gasteiger partial charge in [0.25, 0.3) is 0 Å². The Bertz CT molecular complexity index is 1070. The Morgan fingerprint density at radius 2 is 1.48 bits per heavy atom. The summed E-state index contributed by atoms with van der Waals surface area (Å²) in [5, 5.41) is 11.7. The zero-order valence-corrected chi connectivity index (χ0v) is 18.2. The van der Waals surface area contributed by atoms with Gasteiger partial charge in [-0.2, -0.15) is 0 Å². The van der Waals surface area contributed by atoms with Gasteiger partial charge in [0.15, 0.2) is 11.2 Å². The number of ether oxygens (including phenoxy) is 1. The van der Waals surface area contributed by atoms with Gasteiger partial charge in [0.05, 0.1) is 16.3 Å². The number of hydrogen-bond donors (Lipinski definition) is 1. The van der Waals surface area contributed by atoms with E-state index >= 15 is 0 Å². The highest BCUT2D eigenvalue weighted by Gasteiger charge is 2.13. The lowest BCUT2D eigenvalue weighted by Crippen LogP contribution is -1.91. The topological polar surface area (TPSA) is 72.8 Å². The van der Waals surface area contributed by atoms with Gasteiger partial charge in [-0.3, -0.25) is 0 Å². The van der Waals surface area contributed by atoms with Crippen LogP contribution in [0.25, 0.3) is 21.9 Å². The molecule has 0 spiro atoms. The van der Waals surface area contributed by atoms with Crippen molar-refractivity contribution in [1.82, 2.24) is 0 Å². The van der Waals surface area contributed by atoms with Crippen molar-refractivity contribution in [3.63, 3.8) is 0 Å². The lowest BCUT2D eigenvalue weighted by Gasteiger charge is -1.94. The number of benzene rings is 2. The third-order valence-corrected chi connectivity index (χ3v) is 5.27. The lowest BCUT2D eigenvalue weighted by atomic mass is 10.1. The lowest BCUT2D eigenvalue weighted by molar-refractivity contribution is 0.0665. The van der Waals surface area contributed by atoms with Crippen LogP contribution in [0.15, 0.2) is 51.5 Å². The minimum absolute atomic E-state index is 0. The van der Waals surface area contributed by atoms with E-state index in [4.69, 9.17) is 41.9 Å². The van der Waals surface area contributed by atoms with E-state index in [9.17, 15) is 4.79 Å². The predicted molar refractivity (Wildman–Crippen MR) is 126 cm³/mol. The molecule has 1 N–H and O–H groups in total. The normalized spacial score (nSPS) is 12.5. The Kier molecular flexibility index (Phi) is 8.99. The maximum atomic E-state index is 10.7. The number of furan rings is 2. The Hall–Kier alpha value is -2.47. The molecule has 0 bridgehead atoms. The second kappa shape index (κ2) is 11.2. The van der Waals surface area contributed by atoms with Gasteiger partial charge in [-0.15, -0.1) is 0 Å². The largest absolute Gasteiger partial charge is 0.475 e. The van der Waals surface area contributed by atoms with Gasteiger partial charge < -0.3 is 18.7 Å². The molecular weight excluding hydrogens is 439 g/mol. The van der Waals surface area contributed by atoms with Gasteiger partial charge in [0.1, 0.15) is 0 Å². The predicted octanol–water partition coefficient (Wildman–Crippen LogP) is 7.92. The van der Waals surface area contributed by atoms with Crippen molar-refractivity contribution < 1.29 is 23.5 Å². The van der Waals surface area contributed by atoms with E-state index in [1.165, 1.54) is 24.5 Å². The maximum Gasteiger partial charge on any atom is 0.371 e. The molecule has 1 fully saturated rings. The maximum absolute atomic E-state index is 10.7. The van der Waals surface area contributed by atoms with E-state index in [1.54, 1.807) is 12.3 Å². The molecule has 1 aliphatic rings. The van der Waals surface area contributed by atoms with Crippen LogP contribution < -0.4 is 0 Å². The molecule has 5 nitrogen and oxygen atoms in total. The molecule has 1 saturated heterocycles. The summed E-state index contributed by atoms with van der Waals surface area (Å²) in [6.07, 6.45) is 4.21. The Morgan fingerprint density at radius 1 is 0.903 bits per heavy atom. The monoisotopic (exact) mass is 464 g/mol. The first-order chi connectivity index (χ1) is 14.4. The number of carbonyl (C=O) groups is 1. The standard InChI is InChI=1S/C10H7ClO3.C9H7ClO.C4H8O.CH4/c1-5-2-3-7(11)9-6(5)4-8(14-9)10(12)13;1-6-2-3-8(10)9-7(6)4-5-11-9;1-2-4-5-3-1;/h2-4H,1H3,(H,12,13);2-5H,1H3;1-4H2;1H4. The Balaban J connectivity index is 0.000000179. The molecule has 31 heavy (non-hydrogen) atoms. The molecule has 0 amide bonds. The van der Waals surface area contributed by atoms with E-state index < -0.39 is 5.97 Å². The van der Waals surface area contributed by atoms with Crippen LogP contribution in [0.3, 0.4) is 0 Å². The molecule has 166 valence electrons. The average Bonchev–Trinajstić information content (AvgIpc) is 3.50. The van der Waals surface area contributed by atoms with E-state index in [1.807, 2.05) is 38.1 Å². The van der Waals surface area contributed by atoms with Crippen LogP contribution in [0.1, 0.15) is 41.9 Å². The van der Waals surface area contributed by atoms with Crippen molar-refractivity contribution in [3.05, 3.63) is 69.6 Å². The van der Waals surface area contributed by atoms with E-state index in [0.717, 1.165) is 35.1 Å². The number of hydrogen-bond acceptors (Lipinski definition) is 4. The Morgan fingerprint density at radius 3 is 1.97 bits per heavy atom. The summed E-state index contributed by atoms with van der Waals surface area (Å²) in [6.45, 7) is 5.91. The van der Waals surface area contributed by atoms with Gasteiger partial charge in [-0.1, -0.05) is 42.8 Å². The molecule has 2 aromatic heterocycles. The highest BCUT2D eigenvalue weighted by atomic mass is 35.5. The summed E-state index contributed by atoms with van der Waals surface area (Å²) < 4.78 is 15.3. The fourth-order valence-electron chi connectivity index (χ4n) is 3.01. The van der Waals surface area contributed by atoms with Crippen LogP contribution in [-0.4, -0.2) is 24.3 Å². The number of rotatable bonds is 1. The first-order valence-corrected chi connectivity index (χ1v) is 10.3. The van der Waals surface area contributed by atoms with Crippen LogP contribution in [0.5, 0.6) is 0 Å². The summed E-state index contributed by atoms with van der Waals surface area (Å²) in [7, 11) is 0. The number of aryl methyl sites for hydroxylation is 2. The number of carboxylic acid groups (broad SMARTS) is 1. The van der Waals surface area contributed by atoms with Crippen LogP contribution >= 0.6 is 23.2 Å². The summed E-state index contributed by atoms with van der Waals surface area (Å²) in [4.78, 5) is 10.7. The van der Waals surface area contributed by atoms with Crippen molar-refractivity contribution in [1.29, 1.82) is 0 Å². The fourth-order valence-corrected chi connectivity index (χ4v) is 3.42. The second-order valence-corrected chi connectivity index (χ2v) is 7.68. The first-order valence-electron chi connectivity index (χ1n) is 9.50. The van der Waals surface area contributed by atoms with Crippen molar-refractivity contribution in [3.8, 4) is 0 Å². The first kappa shape index (κ1) is 24.8. The SMILES string of the molecule is C.C1CCOC1.Cc1ccc(Cl)c2oc(C(=O)O)cc12.Cc1ccc(Cl)c2occc12. The molecule has 2 aromatic carbocycles. The third kappa shape index (κ3) is 6.03. The summed E-state index contributed by atoms with van der Waals surface area (Å²) in [5.74, 6) is -1.17. The number of carboxylic acids is 1. The van der Waals surface area contributed by atoms with Gasteiger partial charge in [0, 0.05) is 24.0 Å². The minimum Gasteiger partial charge on any atom is -0.475 e. The van der Waals surface area contributed by atoms with Gasteiger partial charge in [-0.05, 0) is 62.1 Å². The zero-order chi connectivity index (χ0) is 21.7. The number of aromatic carboxylic acids is 1. The van der Waals surface area contributed by atoms with Crippen LogP contribution in [0, 0.1) is 13.8 Å². The van der Waals surface area contributed by atoms with Crippen molar-refractivity contribution >= 4 is 51.1 Å². The molecule has 7 heteroatoms. The highest BCUT2D eigenvalue weighted by Crippen LogP contribution is 2.29. The summed E-state index contributed by atoms with van der Waals surface area (Å²) in [5.41, 5.74) is 3.36.